The van der Waals surface area contributed by atoms with Crippen molar-refractivity contribution in [3.05, 3.63) is 53.9 Å². The highest BCUT2D eigenvalue weighted by Crippen LogP contribution is 2.15. The number of nitrogens with one attached hydrogen (secondary N) is 1. The summed E-state index contributed by atoms with van der Waals surface area (Å²) >= 11 is 0. The van der Waals surface area contributed by atoms with E-state index in [0.717, 1.165) is 36.4 Å². The summed E-state index contributed by atoms with van der Waals surface area (Å²) in [6, 6.07) is 9.72. The minimum atomic E-state index is 0.00375. The first kappa shape index (κ1) is 17.8. The Labute approximate surface area is 143 Å². The first-order valence-electron chi connectivity index (χ1n) is 8.21. The summed E-state index contributed by atoms with van der Waals surface area (Å²) in [5, 5.41) is 3.30. The first-order valence-corrected chi connectivity index (χ1v) is 8.21. The lowest BCUT2D eigenvalue weighted by molar-refractivity contribution is 0.0793. The average molecular weight is 327 g/mol. The Balaban J connectivity index is 1.97. The Kier molecular flexibility index (Phi) is 6.61. The molecule has 1 aromatic carbocycles. The van der Waals surface area contributed by atoms with Gasteiger partial charge in [-0.1, -0.05) is 25.5 Å². The van der Waals surface area contributed by atoms with Gasteiger partial charge in [0.05, 0.1) is 18.4 Å². The predicted molar refractivity (Wildman–Crippen MR) is 96.4 cm³/mol. The van der Waals surface area contributed by atoms with E-state index in [1.165, 1.54) is 0 Å². The molecular formula is C19H25N3O2. The number of aromatic nitrogens is 1. The largest absolute Gasteiger partial charge is 0.497 e. The topological polar surface area (TPSA) is 54.5 Å². The highest BCUT2D eigenvalue weighted by Gasteiger charge is 2.12. The number of pyridine rings is 1. The number of unbranched alkanes of at least 4 members (excludes halogenated alkanes) is 1. The van der Waals surface area contributed by atoms with Crippen molar-refractivity contribution < 1.29 is 9.53 Å². The van der Waals surface area contributed by atoms with Gasteiger partial charge < -0.3 is 15.0 Å². The zero-order valence-corrected chi connectivity index (χ0v) is 14.6. The van der Waals surface area contributed by atoms with Gasteiger partial charge in [0.1, 0.15) is 5.75 Å². The number of carbonyl (C=O) groups excluding carboxylic acids is 1. The fraction of sp³-hybridized carbons (Fsp3) is 0.368. The Morgan fingerprint density at radius 3 is 2.67 bits per heavy atom. The minimum absolute atomic E-state index is 0.00375. The van der Waals surface area contributed by atoms with E-state index in [4.69, 9.17) is 4.74 Å². The zero-order chi connectivity index (χ0) is 17.4. The molecule has 5 heteroatoms. The van der Waals surface area contributed by atoms with Crippen molar-refractivity contribution in [1.29, 1.82) is 0 Å². The summed E-state index contributed by atoms with van der Waals surface area (Å²) in [5.74, 6) is 0.840. The molecule has 0 bridgehead atoms. The molecule has 1 aromatic heterocycles. The fourth-order valence-electron chi connectivity index (χ4n) is 2.32. The molecular weight excluding hydrogens is 302 g/mol. The second-order valence-electron chi connectivity index (χ2n) is 5.74. The number of hydrogen-bond acceptors (Lipinski definition) is 4. The van der Waals surface area contributed by atoms with E-state index in [2.05, 4.69) is 17.2 Å². The molecule has 0 spiro atoms. The average Bonchev–Trinajstić information content (AvgIpc) is 2.64. The van der Waals surface area contributed by atoms with Crippen molar-refractivity contribution in [3.8, 4) is 5.75 Å². The van der Waals surface area contributed by atoms with Crippen LogP contribution in [-0.4, -0.2) is 36.5 Å². The Bertz CT molecular complexity index is 656. The van der Waals surface area contributed by atoms with E-state index in [-0.39, 0.29) is 5.91 Å². The molecule has 0 atom stereocenters. The van der Waals surface area contributed by atoms with Crippen LogP contribution in [0.2, 0.25) is 0 Å². The molecule has 128 valence electrons. The van der Waals surface area contributed by atoms with Crippen LogP contribution in [-0.2, 0) is 6.54 Å². The molecule has 2 aromatic rings. The summed E-state index contributed by atoms with van der Waals surface area (Å²) in [5.41, 5.74) is 2.57. The van der Waals surface area contributed by atoms with Crippen molar-refractivity contribution in [2.45, 2.75) is 26.3 Å². The zero-order valence-electron chi connectivity index (χ0n) is 14.6. The first-order chi connectivity index (χ1) is 11.6. The van der Waals surface area contributed by atoms with Gasteiger partial charge in [0.2, 0.25) is 0 Å². The maximum atomic E-state index is 12.4. The maximum Gasteiger partial charge on any atom is 0.255 e. The van der Waals surface area contributed by atoms with Gasteiger partial charge in [-0.05, 0) is 30.2 Å². The number of hydrogen-bond donors (Lipinski definition) is 1. The summed E-state index contributed by atoms with van der Waals surface area (Å²) in [4.78, 5) is 18.3. The van der Waals surface area contributed by atoms with Gasteiger partial charge >= 0.3 is 0 Å². The third kappa shape index (κ3) is 4.98. The van der Waals surface area contributed by atoms with Crippen LogP contribution in [0.3, 0.4) is 0 Å². The lowest BCUT2D eigenvalue weighted by Gasteiger charge is -2.17. The van der Waals surface area contributed by atoms with E-state index < -0.39 is 0 Å². The van der Waals surface area contributed by atoms with Crippen LogP contribution in [0.15, 0.2) is 42.7 Å². The lowest BCUT2D eigenvalue weighted by Crippen LogP contribution is -2.27. The van der Waals surface area contributed by atoms with Gasteiger partial charge in [0.15, 0.2) is 0 Å². The number of methoxy groups -OCH3 is 1. The SMILES string of the molecule is CCCCN(C)C(=O)c1cncc(NCc2ccc(OC)cc2)c1. The summed E-state index contributed by atoms with van der Waals surface area (Å²) in [6.07, 6.45) is 5.42. The summed E-state index contributed by atoms with van der Waals surface area (Å²) < 4.78 is 5.15. The number of anilines is 1. The van der Waals surface area contributed by atoms with E-state index in [1.807, 2.05) is 37.4 Å². The number of nitrogens with zero attached hydrogens (tertiary/aromatic N) is 2. The quantitative estimate of drug-likeness (QED) is 0.805. The van der Waals surface area contributed by atoms with Crippen LogP contribution in [0.4, 0.5) is 5.69 Å². The third-order valence-corrected chi connectivity index (χ3v) is 3.83. The van der Waals surface area contributed by atoms with Crippen LogP contribution in [0, 0.1) is 0 Å². The van der Waals surface area contributed by atoms with E-state index in [0.29, 0.717) is 12.1 Å². The van der Waals surface area contributed by atoms with Gasteiger partial charge in [0.25, 0.3) is 5.91 Å². The second-order valence-corrected chi connectivity index (χ2v) is 5.74. The molecule has 0 unspecified atom stereocenters. The molecule has 2 rings (SSSR count). The minimum Gasteiger partial charge on any atom is -0.497 e. The van der Waals surface area contributed by atoms with Crippen LogP contribution < -0.4 is 10.1 Å². The Morgan fingerprint density at radius 2 is 2.00 bits per heavy atom. The van der Waals surface area contributed by atoms with Gasteiger partial charge in [0, 0.05) is 32.5 Å². The van der Waals surface area contributed by atoms with E-state index in [1.54, 1.807) is 24.4 Å². The predicted octanol–water partition coefficient (Wildman–Crippen LogP) is 3.57. The second kappa shape index (κ2) is 8.91. The van der Waals surface area contributed by atoms with E-state index in [9.17, 15) is 4.79 Å². The summed E-state index contributed by atoms with van der Waals surface area (Å²) in [7, 11) is 3.48. The molecule has 5 nitrogen and oxygen atoms in total. The lowest BCUT2D eigenvalue weighted by atomic mass is 10.2. The molecule has 0 aliphatic rings. The smallest absolute Gasteiger partial charge is 0.255 e. The van der Waals surface area contributed by atoms with Crippen LogP contribution in [0.25, 0.3) is 0 Å². The van der Waals surface area contributed by atoms with Crippen molar-refractivity contribution in [3.63, 3.8) is 0 Å². The Hall–Kier alpha value is -2.56. The highest BCUT2D eigenvalue weighted by atomic mass is 16.5. The standard InChI is InChI=1S/C19H25N3O2/c1-4-5-10-22(2)19(23)16-11-17(14-20-13-16)21-12-15-6-8-18(24-3)9-7-15/h6-9,11,13-14,21H,4-5,10,12H2,1-3H3. The number of rotatable bonds is 8. The van der Waals surface area contributed by atoms with Crippen LogP contribution in [0.1, 0.15) is 35.7 Å². The molecule has 1 N–H and O–H groups in total. The molecule has 0 aliphatic heterocycles. The third-order valence-electron chi connectivity index (χ3n) is 3.83. The summed E-state index contributed by atoms with van der Waals surface area (Å²) in [6.45, 7) is 3.54. The van der Waals surface area contributed by atoms with Crippen LogP contribution in [0.5, 0.6) is 5.75 Å². The molecule has 24 heavy (non-hydrogen) atoms. The monoisotopic (exact) mass is 327 g/mol. The van der Waals surface area contributed by atoms with Crippen molar-refractivity contribution in [1.82, 2.24) is 9.88 Å². The number of ether oxygens (including phenoxy) is 1. The normalized spacial score (nSPS) is 10.3. The number of benzene rings is 1. The van der Waals surface area contributed by atoms with Gasteiger partial charge in [-0.2, -0.15) is 0 Å². The van der Waals surface area contributed by atoms with Crippen molar-refractivity contribution in [2.75, 3.05) is 26.0 Å². The molecule has 0 saturated carbocycles. The van der Waals surface area contributed by atoms with Gasteiger partial charge in [-0.25, -0.2) is 0 Å². The van der Waals surface area contributed by atoms with Crippen molar-refractivity contribution >= 4 is 11.6 Å². The molecule has 1 heterocycles. The van der Waals surface area contributed by atoms with Gasteiger partial charge in [-0.3, -0.25) is 9.78 Å². The molecule has 0 fully saturated rings. The molecule has 0 radical (unpaired) electrons. The number of carbonyl (C=O) groups is 1. The van der Waals surface area contributed by atoms with E-state index >= 15 is 0 Å². The molecule has 0 aliphatic carbocycles. The fourth-order valence-corrected chi connectivity index (χ4v) is 2.32. The molecule has 1 amide bonds. The maximum absolute atomic E-state index is 12.4. The number of amides is 1. The Morgan fingerprint density at radius 1 is 1.25 bits per heavy atom. The highest BCUT2D eigenvalue weighted by molar-refractivity contribution is 5.94. The van der Waals surface area contributed by atoms with Gasteiger partial charge in [-0.15, -0.1) is 0 Å². The van der Waals surface area contributed by atoms with Crippen LogP contribution >= 0.6 is 0 Å². The molecule has 0 saturated heterocycles. The van der Waals surface area contributed by atoms with Crippen molar-refractivity contribution in [2.24, 2.45) is 0 Å².